The highest BCUT2D eigenvalue weighted by Gasteiger charge is 2.17. The molecule has 0 heterocycles. The van der Waals surface area contributed by atoms with Crippen LogP contribution in [0.15, 0.2) is 23.6 Å². The number of esters is 2. The second kappa shape index (κ2) is 6.31. The van der Waals surface area contributed by atoms with Gasteiger partial charge in [0.1, 0.15) is 0 Å². The van der Waals surface area contributed by atoms with Crippen molar-refractivity contribution >= 4 is 18.0 Å². The molecule has 0 rings (SSSR count). The second-order valence-electron chi connectivity index (χ2n) is 3.10. The summed E-state index contributed by atoms with van der Waals surface area (Å²) in [7, 11) is 1.15. The molecule has 0 spiro atoms. The van der Waals surface area contributed by atoms with Crippen molar-refractivity contribution < 1.29 is 23.9 Å². The Kier molecular flexibility index (Phi) is 5.45. The number of nitrogens with one attached hydrogen (secondary N) is 1. The van der Waals surface area contributed by atoms with E-state index in [4.69, 9.17) is 10.5 Å². The molecular weight excluding hydrogens is 228 g/mol. The van der Waals surface area contributed by atoms with Gasteiger partial charge in [0.25, 0.3) is 0 Å². The summed E-state index contributed by atoms with van der Waals surface area (Å²) in [6.45, 7) is 6.08. The van der Waals surface area contributed by atoms with Gasteiger partial charge in [-0.25, -0.2) is 14.4 Å². The predicted molar refractivity (Wildman–Crippen MR) is 58.3 cm³/mol. The molecule has 17 heavy (non-hydrogen) atoms. The van der Waals surface area contributed by atoms with E-state index in [1.165, 1.54) is 13.8 Å². The van der Waals surface area contributed by atoms with Crippen molar-refractivity contribution in [3.8, 4) is 0 Å². The summed E-state index contributed by atoms with van der Waals surface area (Å²) < 4.78 is 9.15. The molecule has 2 amide bonds. The summed E-state index contributed by atoms with van der Waals surface area (Å²) in [5.41, 5.74) is 4.88. The molecule has 0 bridgehead atoms. The number of carbonyl (C=O) groups is 3. The first-order chi connectivity index (χ1) is 7.79. The Bertz CT molecular complexity index is 398. The van der Waals surface area contributed by atoms with E-state index < -0.39 is 18.0 Å². The van der Waals surface area contributed by atoms with E-state index in [0.29, 0.717) is 0 Å². The SMILES string of the molecule is C=C(C)C(=O)OC(NC(N)=O)=C(C)C(=O)OC. The Hall–Kier alpha value is -2.31. The van der Waals surface area contributed by atoms with Gasteiger partial charge >= 0.3 is 18.0 Å². The summed E-state index contributed by atoms with van der Waals surface area (Å²) in [4.78, 5) is 33.1. The van der Waals surface area contributed by atoms with Crippen LogP contribution in [0.25, 0.3) is 0 Å². The van der Waals surface area contributed by atoms with Gasteiger partial charge in [0, 0.05) is 5.57 Å². The molecule has 0 aromatic heterocycles. The second-order valence-corrected chi connectivity index (χ2v) is 3.10. The van der Waals surface area contributed by atoms with Crippen LogP contribution in [0.2, 0.25) is 0 Å². The Labute approximate surface area is 98.2 Å². The van der Waals surface area contributed by atoms with E-state index in [-0.39, 0.29) is 17.0 Å². The average molecular weight is 242 g/mol. The molecule has 0 unspecified atom stereocenters. The predicted octanol–water partition coefficient (Wildman–Crippen LogP) is 0.179. The van der Waals surface area contributed by atoms with E-state index in [9.17, 15) is 14.4 Å². The maximum absolute atomic E-state index is 11.2. The van der Waals surface area contributed by atoms with Gasteiger partial charge in [-0.1, -0.05) is 6.58 Å². The molecule has 0 saturated heterocycles. The summed E-state index contributed by atoms with van der Waals surface area (Å²) >= 11 is 0. The number of primary amides is 1. The first kappa shape index (κ1) is 14.7. The number of carbonyl (C=O) groups excluding carboxylic acids is 3. The van der Waals surface area contributed by atoms with Gasteiger partial charge in [0.15, 0.2) is 0 Å². The minimum absolute atomic E-state index is 0.0964. The Morgan fingerprint density at radius 2 is 1.71 bits per heavy atom. The van der Waals surface area contributed by atoms with Crippen LogP contribution in [-0.2, 0) is 19.1 Å². The van der Waals surface area contributed by atoms with E-state index in [1.54, 1.807) is 0 Å². The topological polar surface area (TPSA) is 108 Å². The van der Waals surface area contributed by atoms with Crippen LogP contribution >= 0.6 is 0 Å². The van der Waals surface area contributed by atoms with Gasteiger partial charge in [-0.15, -0.1) is 0 Å². The number of ether oxygens (including phenoxy) is 2. The lowest BCUT2D eigenvalue weighted by Crippen LogP contribution is -2.32. The van der Waals surface area contributed by atoms with Crippen molar-refractivity contribution in [2.24, 2.45) is 5.73 Å². The fourth-order valence-electron chi connectivity index (χ4n) is 0.733. The molecule has 0 aliphatic heterocycles. The Morgan fingerprint density at radius 1 is 1.18 bits per heavy atom. The molecule has 0 aromatic rings. The van der Waals surface area contributed by atoms with Crippen LogP contribution in [0, 0.1) is 0 Å². The number of amides is 2. The van der Waals surface area contributed by atoms with Crippen LogP contribution < -0.4 is 11.1 Å². The van der Waals surface area contributed by atoms with Crippen molar-refractivity contribution in [3.63, 3.8) is 0 Å². The third-order valence-corrected chi connectivity index (χ3v) is 1.61. The smallest absolute Gasteiger partial charge is 0.339 e. The number of nitrogens with two attached hydrogens (primary N) is 1. The van der Waals surface area contributed by atoms with Crippen molar-refractivity contribution in [1.82, 2.24) is 5.32 Å². The molecule has 3 N–H and O–H groups in total. The molecule has 0 aliphatic carbocycles. The number of rotatable bonds is 4. The third kappa shape index (κ3) is 4.83. The zero-order chi connectivity index (χ0) is 13.6. The van der Waals surface area contributed by atoms with Crippen molar-refractivity contribution in [3.05, 3.63) is 23.6 Å². The van der Waals surface area contributed by atoms with Crippen LogP contribution in [0.4, 0.5) is 4.79 Å². The highest BCUT2D eigenvalue weighted by molar-refractivity contribution is 5.92. The lowest BCUT2D eigenvalue weighted by Gasteiger charge is -2.11. The standard InChI is InChI=1S/C10H14N2O5/c1-5(2)8(13)17-7(12-10(11)15)6(3)9(14)16-4/h1H2,2-4H3,(H3,11,12,15). The number of hydrogen-bond acceptors (Lipinski definition) is 5. The quantitative estimate of drug-likeness (QED) is 0.415. The first-order valence-corrected chi connectivity index (χ1v) is 4.53. The molecule has 0 aromatic carbocycles. The van der Waals surface area contributed by atoms with Gasteiger partial charge < -0.3 is 15.2 Å². The molecule has 0 aliphatic rings. The zero-order valence-corrected chi connectivity index (χ0v) is 9.83. The molecule has 7 nitrogen and oxygen atoms in total. The lowest BCUT2D eigenvalue weighted by molar-refractivity contribution is -0.137. The van der Waals surface area contributed by atoms with Gasteiger partial charge in [-0.2, -0.15) is 0 Å². The van der Waals surface area contributed by atoms with Crippen molar-refractivity contribution in [2.45, 2.75) is 13.8 Å². The Balaban J connectivity index is 5.13. The summed E-state index contributed by atoms with van der Waals surface area (Å²) in [6.07, 6.45) is 0. The molecule has 7 heteroatoms. The zero-order valence-electron chi connectivity index (χ0n) is 9.83. The largest absolute Gasteiger partial charge is 0.466 e. The molecule has 0 atom stereocenters. The minimum Gasteiger partial charge on any atom is -0.466 e. The van der Waals surface area contributed by atoms with Crippen molar-refractivity contribution in [1.29, 1.82) is 0 Å². The lowest BCUT2D eigenvalue weighted by atomic mass is 10.3. The molecular formula is C10H14N2O5. The van der Waals surface area contributed by atoms with Crippen LogP contribution in [-0.4, -0.2) is 25.1 Å². The van der Waals surface area contributed by atoms with E-state index >= 15 is 0 Å². The highest BCUT2D eigenvalue weighted by atomic mass is 16.6. The van der Waals surface area contributed by atoms with Crippen LogP contribution in [0.3, 0.4) is 0 Å². The normalized spacial score (nSPS) is 11.0. The van der Waals surface area contributed by atoms with E-state index in [1.807, 2.05) is 5.32 Å². The maximum atomic E-state index is 11.2. The monoisotopic (exact) mass is 242 g/mol. The van der Waals surface area contributed by atoms with Crippen molar-refractivity contribution in [2.75, 3.05) is 7.11 Å². The minimum atomic E-state index is -0.974. The van der Waals surface area contributed by atoms with Crippen LogP contribution in [0.1, 0.15) is 13.8 Å². The van der Waals surface area contributed by atoms with E-state index in [0.717, 1.165) is 7.11 Å². The maximum Gasteiger partial charge on any atom is 0.339 e. The molecule has 94 valence electrons. The molecule has 0 fully saturated rings. The Morgan fingerprint density at radius 3 is 2.06 bits per heavy atom. The summed E-state index contributed by atoms with van der Waals surface area (Å²) in [5.74, 6) is -1.93. The van der Waals surface area contributed by atoms with Crippen LogP contribution in [0.5, 0.6) is 0 Å². The number of methoxy groups -OCH3 is 1. The third-order valence-electron chi connectivity index (χ3n) is 1.61. The first-order valence-electron chi connectivity index (χ1n) is 4.53. The van der Waals surface area contributed by atoms with Gasteiger partial charge in [0.05, 0.1) is 12.7 Å². The fraction of sp³-hybridized carbons (Fsp3) is 0.300. The van der Waals surface area contributed by atoms with Gasteiger partial charge in [0.2, 0.25) is 5.88 Å². The average Bonchev–Trinajstić information content (AvgIpc) is 2.25. The van der Waals surface area contributed by atoms with E-state index in [2.05, 4.69) is 11.3 Å². The number of hydrogen-bond donors (Lipinski definition) is 2. The summed E-state index contributed by atoms with van der Waals surface area (Å²) in [6, 6.07) is -0.974. The highest BCUT2D eigenvalue weighted by Crippen LogP contribution is 2.07. The molecule has 0 saturated carbocycles. The molecule has 0 radical (unpaired) electrons. The summed E-state index contributed by atoms with van der Waals surface area (Å²) in [5, 5.41) is 2.01. The fourth-order valence-corrected chi connectivity index (χ4v) is 0.733. The van der Waals surface area contributed by atoms with Gasteiger partial charge in [-0.3, -0.25) is 5.32 Å². The number of urea groups is 1. The van der Waals surface area contributed by atoms with Gasteiger partial charge in [-0.05, 0) is 13.8 Å².